The van der Waals surface area contributed by atoms with Crippen molar-refractivity contribution in [3.8, 4) is 11.1 Å². The Morgan fingerprint density at radius 1 is 1.00 bits per heavy atom. The number of H-pyrrole nitrogens is 1. The number of carbonyl (C=O) groups is 1. The third kappa shape index (κ3) is 5.57. The number of aromatic amines is 1. The third-order valence-corrected chi connectivity index (χ3v) is 4.84. The Labute approximate surface area is 181 Å². The molecular weight excluding hydrogens is 391 g/mol. The molecule has 0 fully saturated rings. The zero-order chi connectivity index (χ0) is 22.2. The van der Waals surface area contributed by atoms with Crippen LogP contribution >= 0.6 is 0 Å². The molecule has 4 aromatic rings. The Morgan fingerprint density at radius 2 is 1.77 bits per heavy atom. The van der Waals surface area contributed by atoms with E-state index in [1.807, 2.05) is 26.1 Å². The molecule has 0 saturated heterocycles. The Balaban J connectivity index is 0.000000179. The topological polar surface area (TPSA) is 69.8 Å². The average Bonchev–Trinajstić information content (AvgIpc) is 3.27. The number of anilines is 3. The average molecular weight is 417 g/mol. The molecule has 0 aliphatic heterocycles. The molecule has 2 aromatic carbocycles. The van der Waals surface area contributed by atoms with E-state index < -0.39 is 0 Å². The van der Waals surface area contributed by atoms with Gasteiger partial charge >= 0.3 is 0 Å². The van der Waals surface area contributed by atoms with Gasteiger partial charge < -0.3 is 15.6 Å². The van der Waals surface area contributed by atoms with Crippen LogP contribution in [0.25, 0.3) is 11.1 Å². The first-order valence-corrected chi connectivity index (χ1v) is 9.87. The van der Waals surface area contributed by atoms with Crippen molar-refractivity contribution in [2.24, 2.45) is 0 Å². The first kappa shape index (κ1) is 21.8. The number of benzene rings is 2. The molecule has 3 N–H and O–H groups in total. The fraction of sp³-hybridized carbons (Fsp3) is 0.120. The van der Waals surface area contributed by atoms with Gasteiger partial charge in [-0.15, -0.1) is 0 Å². The number of nitrogens with zero attached hydrogens (tertiary/aromatic N) is 1. The Bertz CT molecular complexity index is 1150. The molecule has 0 bridgehead atoms. The van der Waals surface area contributed by atoms with Gasteiger partial charge in [-0.05, 0) is 66.9 Å². The predicted molar refractivity (Wildman–Crippen MR) is 125 cm³/mol. The van der Waals surface area contributed by atoms with Crippen LogP contribution < -0.4 is 10.6 Å². The molecule has 5 nitrogen and oxygen atoms in total. The number of hydrogen-bond acceptors (Lipinski definition) is 4. The standard InChI is InChI=1S/C14H17N3.C11H8FNO/c1-10-6-7-12(15-3)9-13(10)17-14-11(2)5-4-8-16-14;12-9-3-1-8(2-4-9)10-5-6-13-11(10)7-14/h4-9,15H,1-3H3,(H,16,17);1-7,13H. The smallest absolute Gasteiger partial charge is 0.166 e. The molecule has 0 amide bonds. The van der Waals surface area contributed by atoms with Gasteiger partial charge in [-0.1, -0.05) is 24.3 Å². The monoisotopic (exact) mass is 416 g/mol. The number of nitrogens with one attached hydrogen (secondary N) is 3. The van der Waals surface area contributed by atoms with Gasteiger partial charge in [-0.3, -0.25) is 4.79 Å². The van der Waals surface area contributed by atoms with Crippen molar-refractivity contribution in [1.29, 1.82) is 0 Å². The van der Waals surface area contributed by atoms with E-state index >= 15 is 0 Å². The molecule has 0 radical (unpaired) electrons. The van der Waals surface area contributed by atoms with Crippen LogP contribution in [0.15, 0.2) is 73.1 Å². The second kappa shape index (κ2) is 10.2. The van der Waals surface area contributed by atoms with Crippen LogP contribution in [0.1, 0.15) is 21.6 Å². The molecule has 0 unspecified atom stereocenters. The predicted octanol–water partition coefficient (Wildman–Crippen LogP) is 6.12. The summed E-state index contributed by atoms with van der Waals surface area (Å²) in [6.45, 7) is 4.13. The van der Waals surface area contributed by atoms with Gasteiger partial charge in [0.15, 0.2) is 6.29 Å². The molecule has 31 heavy (non-hydrogen) atoms. The highest BCUT2D eigenvalue weighted by atomic mass is 19.1. The van der Waals surface area contributed by atoms with Crippen molar-refractivity contribution in [3.05, 3.63) is 95.7 Å². The molecule has 0 spiro atoms. The van der Waals surface area contributed by atoms with Crippen molar-refractivity contribution >= 4 is 23.5 Å². The van der Waals surface area contributed by atoms with E-state index in [-0.39, 0.29) is 5.82 Å². The second-order valence-corrected chi connectivity index (χ2v) is 7.00. The van der Waals surface area contributed by atoms with Gasteiger partial charge in [-0.25, -0.2) is 9.37 Å². The first-order chi connectivity index (χ1) is 15.0. The Morgan fingerprint density at radius 3 is 2.45 bits per heavy atom. The lowest BCUT2D eigenvalue weighted by molar-refractivity contribution is 0.112. The molecule has 4 rings (SSSR count). The maximum Gasteiger partial charge on any atom is 0.166 e. The Kier molecular flexibility index (Phi) is 7.17. The highest BCUT2D eigenvalue weighted by molar-refractivity contribution is 5.85. The second-order valence-electron chi connectivity index (χ2n) is 7.00. The van der Waals surface area contributed by atoms with Gasteiger partial charge in [0.25, 0.3) is 0 Å². The highest BCUT2D eigenvalue weighted by Crippen LogP contribution is 2.24. The number of aldehydes is 1. The van der Waals surface area contributed by atoms with Crippen molar-refractivity contribution in [1.82, 2.24) is 9.97 Å². The van der Waals surface area contributed by atoms with Crippen LogP contribution in [0, 0.1) is 19.7 Å². The molecule has 158 valence electrons. The number of carbonyl (C=O) groups excluding carboxylic acids is 1. The maximum atomic E-state index is 12.6. The summed E-state index contributed by atoms with van der Waals surface area (Å²) >= 11 is 0. The summed E-state index contributed by atoms with van der Waals surface area (Å²) in [6, 6.07) is 18.0. The number of aryl methyl sites for hydroxylation is 2. The summed E-state index contributed by atoms with van der Waals surface area (Å²) in [5.74, 6) is 0.626. The van der Waals surface area contributed by atoms with Crippen molar-refractivity contribution in [2.75, 3.05) is 17.7 Å². The number of aromatic nitrogens is 2. The van der Waals surface area contributed by atoms with E-state index in [0.717, 1.165) is 40.2 Å². The largest absolute Gasteiger partial charge is 0.388 e. The van der Waals surface area contributed by atoms with Gasteiger partial charge in [0, 0.05) is 36.4 Å². The minimum Gasteiger partial charge on any atom is -0.388 e. The van der Waals surface area contributed by atoms with Crippen LogP contribution in [0.5, 0.6) is 0 Å². The van der Waals surface area contributed by atoms with Crippen LogP contribution in [-0.4, -0.2) is 23.3 Å². The number of rotatable bonds is 5. The van der Waals surface area contributed by atoms with E-state index in [9.17, 15) is 9.18 Å². The Hall–Kier alpha value is -3.93. The quantitative estimate of drug-likeness (QED) is 0.343. The maximum absolute atomic E-state index is 12.6. The van der Waals surface area contributed by atoms with E-state index in [0.29, 0.717) is 5.69 Å². The van der Waals surface area contributed by atoms with Crippen LogP contribution in [0.2, 0.25) is 0 Å². The van der Waals surface area contributed by atoms with Crippen LogP contribution in [-0.2, 0) is 0 Å². The van der Waals surface area contributed by atoms with Crippen molar-refractivity contribution < 1.29 is 9.18 Å². The molecule has 0 atom stereocenters. The lowest BCUT2D eigenvalue weighted by atomic mass is 10.1. The van der Waals surface area contributed by atoms with E-state index in [4.69, 9.17) is 0 Å². The summed E-state index contributed by atoms with van der Waals surface area (Å²) in [7, 11) is 1.92. The van der Waals surface area contributed by atoms with Crippen LogP contribution in [0.3, 0.4) is 0 Å². The number of pyridine rings is 1. The molecule has 0 saturated carbocycles. The summed E-state index contributed by atoms with van der Waals surface area (Å²) in [5, 5.41) is 6.50. The van der Waals surface area contributed by atoms with E-state index in [1.54, 1.807) is 30.6 Å². The van der Waals surface area contributed by atoms with Gasteiger partial charge in [0.2, 0.25) is 0 Å². The van der Waals surface area contributed by atoms with E-state index in [2.05, 4.69) is 45.7 Å². The van der Waals surface area contributed by atoms with Crippen LogP contribution in [0.4, 0.5) is 21.6 Å². The van der Waals surface area contributed by atoms with Crippen molar-refractivity contribution in [2.45, 2.75) is 13.8 Å². The summed E-state index contributed by atoms with van der Waals surface area (Å²) in [5.41, 5.74) is 6.65. The highest BCUT2D eigenvalue weighted by Gasteiger charge is 2.05. The molecule has 0 aliphatic rings. The summed E-state index contributed by atoms with van der Waals surface area (Å²) < 4.78 is 12.6. The lowest BCUT2D eigenvalue weighted by Crippen LogP contribution is -1.99. The minimum absolute atomic E-state index is 0.281. The first-order valence-electron chi connectivity index (χ1n) is 9.87. The van der Waals surface area contributed by atoms with E-state index in [1.165, 1.54) is 17.7 Å². The minimum atomic E-state index is -0.281. The van der Waals surface area contributed by atoms with Gasteiger partial charge in [0.05, 0.1) is 5.69 Å². The van der Waals surface area contributed by atoms with Gasteiger partial charge in [-0.2, -0.15) is 0 Å². The zero-order valence-electron chi connectivity index (χ0n) is 17.7. The van der Waals surface area contributed by atoms with Gasteiger partial charge in [0.1, 0.15) is 11.6 Å². The summed E-state index contributed by atoms with van der Waals surface area (Å²) in [4.78, 5) is 17.8. The molecule has 6 heteroatoms. The molecule has 2 aromatic heterocycles. The molecular formula is C25H25FN4O. The fourth-order valence-corrected chi connectivity index (χ4v) is 3.02. The zero-order valence-corrected chi connectivity index (χ0v) is 17.7. The molecule has 0 aliphatic carbocycles. The molecule has 2 heterocycles. The normalized spacial score (nSPS) is 10.1. The third-order valence-electron chi connectivity index (χ3n) is 4.84. The number of halogens is 1. The fourth-order valence-electron chi connectivity index (χ4n) is 3.02. The lowest BCUT2D eigenvalue weighted by Gasteiger charge is -2.12. The number of hydrogen-bond donors (Lipinski definition) is 3. The van der Waals surface area contributed by atoms with Crippen molar-refractivity contribution in [3.63, 3.8) is 0 Å². The SMILES string of the molecule is CNc1ccc(C)c(Nc2ncccc2C)c1.O=Cc1[nH]ccc1-c1ccc(F)cc1. The summed E-state index contributed by atoms with van der Waals surface area (Å²) in [6.07, 6.45) is 4.23.